The van der Waals surface area contributed by atoms with Crippen LogP contribution < -0.4 is 5.32 Å². The quantitative estimate of drug-likeness (QED) is 0.813. The smallest absolute Gasteiger partial charge is 0.0419 e. The number of hydrogen-bond acceptors (Lipinski definition) is 4. The number of nitrogens with one attached hydrogen (secondary N) is 1. The van der Waals surface area contributed by atoms with Crippen LogP contribution in [0.5, 0.6) is 0 Å². The van der Waals surface area contributed by atoms with E-state index in [1.807, 2.05) is 24.7 Å². The molecule has 0 amide bonds. The van der Waals surface area contributed by atoms with Crippen molar-refractivity contribution in [2.75, 3.05) is 13.6 Å². The van der Waals surface area contributed by atoms with Crippen LogP contribution in [-0.2, 0) is 19.5 Å². The van der Waals surface area contributed by atoms with Crippen LogP contribution in [0.25, 0.3) is 0 Å². The molecule has 2 heterocycles. The Bertz CT molecular complexity index is 539. The fourth-order valence-electron chi connectivity index (χ4n) is 2.34. The van der Waals surface area contributed by atoms with Crippen LogP contribution in [0.3, 0.4) is 0 Å². The van der Waals surface area contributed by atoms with E-state index in [1.54, 1.807) is 0 Å². The summed E-state index contributed by atoms with van der Waals surface area (Å²) in [5.41, 5.74) is 3.62. The highest BCUT2D eigenvalue weighted by molar-refractivity contribution is 5.15. The van der Waals surface area contributed by atoms with Gasteiger partial charge in [0.1, 0.15) is 0 Å². The van der Waals surface area contributed by atoms with Crippen LogP contribution in [-0.4, -0.2) is 34.5 Å². The Morgan fingerprint density at radius 2 is 2.05 bits per heavy atom. The van der Waals surface area contributed by atoms with Gasteiger partial charge in [0.25, 0.3) is 0 Å². The maximum absolute atomic E-state index is 4.58. The Hall–Kier alpha value is -1.78. The van der Waals surface area contributed by atoms with E-state index in [1.165, 1.54) is 11.1 Å². The average Bonchev–Trinajstić information content (AvgIpc) is 2.55. The first-order chi connectivity index (χ1) is 10.7. The van der Waals surface area contributed by atoms with Crippen LogP contribution in [0.1, 0.15) is 30.7 Å². The van der Waals surface area contributed by atoms with Gasteiger partial charge in [-0.1, -0.05) is 19.1 Å². The van der Waals surface area contributed by atoms with Crippen LogP contribution in [0.4, 0.5) is 0 Å². The van der Waals surface area contributed by atoms with Crippen molar-refractivity contribution in [3.05, 3.63) is 59.7 Å². The molecule has 0 fully saturated rings. The van der Waals surface area contributed by atoms with Gasteiger partial charge in [0.05, 0.1) is 0 Å². The minimum absolute atomic E-state index is 0.437. The Labute approximate surface area is 133 Å². The standard InChI is InChI=1S/C18H26N4/c1-4-19-11-16-7-8-18(21-13-16)10-15(2)22(3)14-17-6-5-9-20-12-17/h5-9,12-13,15,19H,4,10-11,14H2,1-3H3. The van der Waals surface area contributed by atoms with Crippen molar-refractivity contribution >= 4 is 0 Å². The third-order valence-electron chi connectivity index (χ3n) is 3.88. The predicted molar refractivity (Wildman–Crippen MR) is 90.5 cm³/mol. The summed E-state index contributed by atoms with van der Waals surface area (Å²) in [4.78, 5) is 11.1. The molecule has 1 N–H and O–H groups in total. The number of hydrogen-bond donors (Lipinski definition) is 1. The molecular weight excluding hydrogens is 272 g/mol. The van der Waals surface area contributed by atoms with Gasteiger partial charge in [-0.05, 0) is 43.8 Å². The molecule has 1 unspecified atom stereocenters. The lowest BCUT2D eigenvalue weighted by Gasteiger charge is -2.24. The van der Waals surface area contributed by atoms with Gasteiger partial charge in [-0.3, -0.25) is 14.9 Å². The van der Waals surface area contributed by atoms with Gasteiger partial charge in [0.15, 0.2) is 0 Å². The second kappa shape index (κ2) is 8.61. The van der Waals surface area contributed by atoms with E-state index >= 15 is 0 Å². The van der Waals surface area contributed by atoms with Crippen LogP contribution in [0.2, 0.25) is 0 Å². The second-order valence-electron chi connectivity index (χ2n) is 5.77. The van der Waals surface area contributed by atoms with E-state index in [2.05, 4.69) is 59.3 Å². The molecular formula is C18H26N4. The van der Waals surface area contributed by atoms with Crippen molar-refractivity contribution in [3.63, 3.8) is 0 Å². The Morgan fingerprint density at radius 3 is 2.68 bits per heavy atom. The third-order valence-corrected chi connectivity index (χ3v) is 3.88. The van der Waals surface area contributed by atoms with Gasteiger partial charge in [-0.25, -0.2) is 0 Å². The minimum Gasteiger partial charge on any atom is -0.313 e. The van der Waals surface area contributed by atoms with Gasteiger partial charge >= 0.3 is 0 Å². The minimum atomic E-state index is 0.437. The number of nitrogens with zero attached hydrogens (tertiary/aromatic N) is 3. The number of pyridine rings is 2. The molecule has 2 rings (SSSR count). The summed E-state index contributed by atoms with van der Waals surface area (Å²) in [5, 5.41) is 3.32. The summed E-state index contributed by atoms with van der Waals surface area (Å²) in [6.07, 6.45) is 6.67. The fraction of sp³-hybridized carbons (Fsp3) is 0.444. The van der Waals surface area contributed by atoms with Crippen molar-refractivity contribution in [2.24, 2.45) is 0 Å². The Balaban J connectivity index is 1.86. The van der Waals surface area contributed by atoms with Gasteiger partial charge in [-0.2, -0.15) is 0 Å². The summed E-state index contributed by atoms with van der Waals surface area (Å²) in [6, 6.07) is 8.84. The zero-order valence-corrected chi connectivity index (χ0v) is 13.8. The molecule has 1 atom stereocenters. The van der Waals surface area contributed by atoms with Crippen molar-refractivity contribution in [1.29, 1.82) is 0 Å². The molecule has 0 saturated carbocycles. The topological polar surface area (TPSA) is 41.0 Å². The highest BCUT2D eigenvalue weighted by Gasteiger charge is 2.11. The average molecular weight is 298 g/mol. The normalized spacial score (nSPS) is 12.5. The zero-order chi connectivity index (χ0) is 15.8. The zero-order valence-electron chi connectivity index (χ0n) is 13.8. The van der Waals surface area contributed by atoms with E-state index < -0.39 is 0 Å². The molecule has 0 aromatic carbocycles. The van der Waals surface area contributed by atoms with E-state index in [9.17, 15) is 0 Å². The highest BCUT2D eigenvalue weighted by Crippen LogP contribution is 2.10. The summed E-state index contributed by atoms with van der Waals surface area (Å²) in [7, 11) is 2.15. The second-order valence-corrected chi connectivity index (χ2v) is 5.77. The maximum atomic E-state index is 4.58. The third kappa shape index (κ3) is 5.20. The van der Waals surface area contributed by atoms with E-state index in [-0.39, 0.29) is 0 Å². The molecule has 118 valence electrons. The van der Waals surface area contributed by atoms with Gasteiger partial charge in [0.2, 0.25) is 0 Å². The maximum Gasteiger partial charge on any atom is 0.0419 e. The number of rotatable bonds is 8. The summed E-state index contributed by atoms with van der Waals surface area (Å²) in [6.45, 7) is 7.14. The first-order valence-electron chi connectivity index (χ1n) is 7.92. The van der Waals surface area contributed by atoms with Gasteiger partial charge < -0.3 is 5.32 Å². The fourth-order valence-corrected chi connectivity index (χ4v) is 2.34. The van der Waals surface area contributed by atoms with Crippen molar-refractivity contribution < 1.29 is 0 Å². The molecule has 4 nitrogen and oxygen atoms in total. The summed E-state index contributed by atoms with van der Waals surface area (Å²) < 4.78 is 0. The van der Waals surface area contributed by atoms with Crippen molar-refractivity contribution in [3.8, 4) is 0 Å². The summed E-state index contributed by atoms with van der Waals surface area (Å²) in [5.74, 6) is 0. The molecule has 0 bridgehead atoms. The van der Waals surface area contributed by atoms with Crippen molar-refractivity contribution in [1.82, 2.24) is 20.2 Å². The molecule has 0 aliphatic carbocycles. The van der Waals surface area contributed by atoms with Gasteiger partial charge in [0, 0.05) is 49.8 Å². The molecule has 0 saturated heterocycles. The highest BCUT2D eigenvalue weighted by atomic mass is 15.1. The first-order valence-corrected chi connectivity index (χ1v) is 7.92. The lowest BCUT2D eigenvalue weighted by atomic mass is 10.1. The molecule has 4 heteroatoms. The monoisotopic (exact) mass is 298 g/mol. The number of aromatic nitrogens is 2. The first kappa shape index (κ1) is 16.6. The molecule has 22 heavy (non-hydrogen) atoms. The van der Waals surface area contributed by atoms with E-state index in [0.717, 1.165) is 31.7 Å². The van der Waals surface area contributed by atoms with E-state index in [4.69, 9.17) is 0 Å². The van der Waals surface area contributed by atoms with Crippen LogP contribution in [0, 0.1) is 0 Å². The van der Waals surface area contributed by atoms with E-state index in [0.29, 0.717) is 6.04 Å². The lowest BCUT2D eigenvalue weighted by Crippen LogP contribution is -2.30. The SMILES string of the molecule is CCNCc1ccc(CC(C)N(C)Cc2cccnc2)nc1. The number of likely N-dealkylation sites (N-methyl/N-ethyl adjacent to an activating group) is 1. The lowest BCUT2D eigenvalue weighted by molar-refractivity contribution is 0.246. The molecule has 2 aromatic rings. The molecule has 2 aromatic heterocycles. The Morgan fingerprint density at radius 1 is 1.18 bits per heavy atom. The van der Waals surface area contributed by atoms with Gasteiger partial charge in [-0.15, -0.1) is 0 Å². The van der Waals surface area contributed by atoms with Crippen LogP contribution >= 0.6 is 0 Å². The Kier molecular flexibility index (Phi) is 6.49. The largest absolute Gasteiger partial charge is 0.313 e. The van der Waals surface area contributed by atoms with Crippen LogP contribution in [0.15, 0.2) is 42.9 Å². The predicted octanol–water partition coefficient (Wildman–Crippen LogP) is 2.65. The molecule has 0 aliphatic heterocycles. The van der Waals surface area contributed by atoms with Crippen molar-refractivity contribution in [2.45, 2.75) is 39.4 Å². The molecule has 0 spiro atoms. The molecule has 0 aliphatic rings. The summed E-state index contributed by atoms with van der Waals surface area (Å²) >= 11 is 0. The molecule has 0 radical (unpaired) electrons.